The molecule has 43 heavy (non-hydrogen) atoms. The largest absolute Gasteiger partial charge is 0.419 e. The number of amides is 1. The van der Waals surface area contributed by atoms with Gasteiger partial charge in [0.15, 0.2) is 0 Å². The van der Waals surface area contributed by atoms with Crippen molar-refractivity contribution in [2.75, 3.05) is 43.6 Å². The van der Waals surface area contributed by atoms with Gasteiger partial charge >= 0.3 is 6.18 Å². The van der Waals surface area contributed by atoms with Crippen LogP contribution in [0, 0.1) is 12.7 Å². The van der Waals surface area contributed by atoms with E-state index in [1.807, 2.05) is 43.4 Å². The van der Waals surface area contributed by atoms with Gasteiger partial charge in [0.2, 0.25) is 0 Å². The maximum atomic E-state index is 15.0. The van der Waals surface area contributed by atoms with Crippen LogP contribution in [-0.2, 0) is 12.7 Å². The summed E-state index contributed by atoms with van der Waals surface area (Å²) in [6, 6.07) is 10.8. The number of hydrazine groups is 2. The summed E-state index contributed by atoms with van der Waals surface area (Å²) in [5.41, 5.74) is 8.59. The Balaban J connectivity index is 1.24. The number of pyridine rings is 1. The lowest BCUT2D eigenvalue weighted by molar-refractivity contribution is -0.140. The third-order valence-electron chi connectivity index (χ3n) is 7.71. The maximum Gasteiger partial charge on any atom is 0.419 e. The van der Waals surface area contributed by atoms with Crippen molar-refractivity contribution in [1.29, 1.82) is 0 Å². The molecule has 4 heterocycles. The number of aryl methyl sites for hydroxylation is 1. The number of nitrogens with one attached hydrogen (secondary N) is 4. The number of piperazine rings is 1. The summed E-state index contributed by atoms with van der Waals surface area (Å²) in [6.07, 6.45) is 0.445. The molecule has 1 saturated heterocycles. The van der Waals surface area contributed by atoms with Crippen LogP contribution < -0.4 is 21.3 Å². The third-order valence-corrected chi connectivity index (χ3v) is 7.71. The van der Waals surface area contributed by atoms with E-state index < -0.39 is 23.5 Å². The van der Waals surface area contributed by atoms with Crippen LogP contribution in [0.15, 0.2) is 61.1 Å². The zero-order chi connectivity index (χ0) is 30.3. The molecule has 0 unspecified atom stereocenters. The molecule has 13 heteroatoms. The van der Waals surface area contributed by atoms with Crippen molar-refractivity contribution < 1.29 is 22.4 Å². The van der Waals surface area contributed by atoms with Gasteiger partial charge in [0.1, 0.15) is 11.5 Å². The Morgan fingerprint density at radius 2 is 1.86 bits per heavy atom. The number of halogens is 4. The van der Waals surface area contributed by atoms with E-state index in [9.17, 15) is 18.0 Å². The molecule has 1 amide bonds. The molecule has 0 spiro atoms. The normalized spacial score (nSPS) is 16.4. The van der Waals surface area contributed by atoms with Crippen molar-refractivity contribution in [2.45, 2.75) is 19.6 Å². The van der Waals surface area contributed by atoms with Crippen molar-refractivity contribution in [3.63, 3.8) is 0 Å². The van der Waals surface area contributed by atoms with Crippen LogP contribution >= 0.6 is 0 Å². The second-order valence-electron chi connectivity index (χ2n) is 10.8. The Kier molecular flexibility index (Phi) is 7.54. The number of hydrogen-bond donors (Lipinski definition) is 4. The maximum absolute atomic E-state index is 15.0. The quantitative estimate of drug-likeness (QED) is 0.237. The van der Waals surface area contributed by atoms with Gasteiger partial charge in [-0.1, -0.05) is 6.07 Å². The molecule has 1 fully saturated rings. The Morgan fingerprint density at radius 1 is 1.07 bits per heavy atom. The highest BCUT2D eigenvalue weighted by Crippen LogP contribution is 2.35. The predicted octanol–water partition coefficient (Wildman–Crippen LogP) is 4.86. The minimum Gasteiger partial charge on any atom is -0.346 e. The minimum absolute atomic E-state index is 0.00990. The second kappa shape index (κ2) is 11.3. The van der Waals surface area contributed by atoms with Crippen LogP contribution in [0.5, 0.6) is 0 Å². The summed E-state index contributed by atoms with van der Waals surface area (Å²) >= 11 is 0. The van der Waals surface area contributed by atoms with E-state index >= 15 is 4.39 Å². The molecule has 2 aliphatic rings. The molecule has 0 aliphatic carbocycles. The molecule has 4 aromatic rings. The van der Waals surface area contributed by atoms with Crippen molar-refractivity contribution in [3.05, 3.63) is 94.7 Å². The second-order valence-corrected chi connectivity index (χ2v) is 10.8. The van der Waals surface area contributed by atoms with Gasteiger partial charge in [-0.05, 0) is 55.9 Å². The van der Waals surface area contributed by atoms with Gasteiger partial charge < -0.3 is 20.6 Å². The van der Waals surface area contributed by atoms with E-state index in [2.05, 4.69) is 31.1 Å². The number of carbonyl (C=O) groups excluding carboxylic acids is 1. The standard InChI is InChI=1S/C30H30F4N8O/c1-18-3-4-20(13-26(18)42-17-25(38-39-42)21-11-19-5-6-35-28(19)36-15-21)29(43)37-23-12-22(16-41-9-7-40(2)8-10-41)27(31)24(14-23)30(32,33)34/h3-6,11-15,17,38-39H,7-10,16H2,1-2H3,(H,35,36)(H,37,43). The number of aromatic nitrogens is 2. The highest BCUT2D eigenvalue weighted by molar-refractivity contribution is 6.05. The van der Waals surface area contributed by atoms with Gasteiger partial charge in [0, 0.05) is 79.1 Å². The molecule has 6 rings (SSSR count). The van der Waals surface area contributed by atoms with Crippen LogP contribution in [0.3, 0.4) is 0 Å². The average Bonchev–Trinajstić information content (AvgIpc) is 3.65. The van der Waals surface area contributed by atoms with Gasteiger partial charge in [0.25, 0.3) is 5.91 Å². The van der Waals surface area contributed by atoms with Gasteiger partial charge in [-0.2, -0.15) is 13.2 Å². The van der Waals surface area contributed by atoms with Gasteiger partial charge in [0.05, 0.1) is 16.9 Å². The molecular formula is C30H30F4N8O. The van der Waals surface area contributed by atoms with Gasteiger partial charge in [-0.25, -0.2) is 9.37 Å². The zero-order valence-electron chi connectivity index (χ0n) is 23.5. The van der Waals surface area contributed by atoms with E-state index in [1.54, 1.807) is 29.4 Å². The Bertz CT molecular complexity index is 1710. The number of rotatable bonds is 6. The Morgan fingerprint density at radius 3 is 2.63 bits per heavy atom. The number of carbonyl (C=O) groups is 1. The number of anilines is 2. The van der Waals surface area contributed by atoms with Crippen LogP contribution in [0.25, 0.3) is 16.7 Å². The molecule has 0 radical (unpaired) electrons. The summed E-state index contributed by atoms with van der Waals surface area (Å²) in [6.45, 7) is 4.56. The van der Waals surface area contributed by atoms with Gasteiger partial charge in [-0.3, -0.25) is 14.7 Å². The first-order valence-corrected chi connectivity index (χ1v) is 13.7. The Hall–Kier alpha value is -4.46. The molecule has 0 bridgehead atoms. The van der Waals surface area contributed by atoms with Crippen molar-refractivity contribution in [1.82, 2.24) is 30.7 Å². The number of hydrogen-bond acceptors (Lipinski definition) is 7. The lowest BCUT2D eigenvalue weighted by atomic mass is 10.1. The summed E-state index contributed by atoms with van der Waals surface area (Å²) in [7, 11) is 1.96. The molecule has 0 saturated carbocycles. The fraction of sp³-hybridized carbons (Fsp3) is 0.267. The zero-order valence-corrected chi connectivity index (χ0v) is 23.5. The molecule has 2 aliphatic heterocycles. The summed E-state index contributed by atoms with van der Waals surface area (Å²) in [4.78, 5) is 24.8. The monoisotopic (exact) mass is 594 g/mol. The van der Waals surface area contributed by atoms with E-state index in [4.69, 9.17) is 0 Å². The lowest BCUT2D eigenvalue weighted by Gasteiger charge is -2.32. The number of benzene rings is 2. The van der Waals surface area contributed by atoms with E-state index in [0.717, 1.165) is 40.9 Å². The third kappa shape index (κ3) is 6.05. The van der Waals surface area contributed by atoms with Crippen LogP contribution in [0.2, 0.25) is 0 Å². The highest BCUT2D eigenvalue weighted by Gasteiger charge is 2.36. The molecule has 0 atom stereocenters. The number of nitrogens with zero attached hydrogens (tertiary/aromatic N) is 4. The van der Waals surface area contributed by atoms with Gasteiger partial charge in [-0.15, -0.1) is 5.53 Å². The number of aromatic amines is 1. The molecule has 2 aromatic heterocycles. The molecule has 9 nitrogen and oxygen atoms in total. The lowest BCUT2D eigenvalue weighted by Crippen LogP contribution is -2.44. The van der Waals surface area contributed by atoms with Crippen LogP contribution in [-0.4, -0.2) is 58.9 Å². The number of H-pyrrole nitrogens is 1. The smallest absolute Gasteiger partial charge is 0.346 e. The minimum atomic E-state index is -4.92. The first-order chi connectivity index (χ1) is 20.5. The molecular weight excluding hydrogens is 564 g/mol. The predicted molar refractivity (Wildman–Crippen MR) is 156 cm³/mol. The molecule has 2 aromatic carbocycles. The SMILES string of the molecule is Cc1ccc(C(=O)Nc2cc(CN3CCN(C)CC3)c(F)c(C(F)(F)F)c2)cc1N1C=C(c2cnc3[nH]ccc3c2)NN1. The van der Waals surface area contributed by atoms with Crippen LogP contribution in [0.4, 0.5) is 28.9 Å². The fourth-order valence-corrected chi connectivity index (χ4v) is 5.22. The van der Waals surface area contributed by atoms with E-state index in [-0.39, 0.29) is 23.4 Å². The van der Waals surface area contributed by atoms with Crippen molar-refractivity contribution in [2.24, 2.45) is 0 Å². The Labute approximate surface area is 245 Å². The first kappa shape index (κ1) is 28.6. The van der Waals surface area contributed by atoms with Crippen LogP contribution in [0.1, 0.15) is 32.6 Å². The summed E-state index contributed by atoms with van der Waals surface area (Å²) in [5.74, 6) is -1.94. The topological polar surface area (TPSA) is 91.6 Å². The van der Waals surface area contributed by atoms with E-state index in [1.165, 1.54) is 6.07 Å². The summed E-state index contributed by atoms with van der Waals surface area (Å²) in [5, 5.41) is 5.21. The van der Waals surface area contributed by atoms with E-state index in [0.29, 0.717) is 24.8 Å². The highest BCUT2D eigenvalue weighted by atomic mass is 19.4. The summed E-state index contributed by atoms with van der Waals surface area (Å²) < 4.78 is 56.4. The number of fused-ring (bicyclic) bond motifs is 1. The van der Waals surface area contributed by atoms with Crippen molar-refractivity contribution >= 4 is 34.0 Å². The molecule has 224 valence electrons. The number of alkyl halides is 3. The fourth-order valence-electron chi connectivity index (χ4n) is 5.22. The van der Waals surface area contributed by atoms with Crippen molar-refractivity contribution in [3.8, 4) is 0 Å². The molecule has 4 N–H and O–H groups in total. The number of likely N-dealkylation sites (N-methyl/N-ethyl adjacent to an activating group) is 1. The average molecular weight is 595 g/mol. The first-order valence-electron chi connectivity index (χ1n) is 13.7.